The number of anilines is 1. The Balaban J connectivity index is 1.46. The molecule has 0 spiro atoms. The molecule has 2 fully saturated rings. The van der Waals surface area contributed by atoms with Crippen molar-refractivity contribution >= 4 is 33.7 Å². The van der Waals surface area contributed by atoms with Crippen LogP contribution in [0.4, 0.5) is 5.13 Å². The fourth-order valence-electron chi connectivity index (χ4n) is 3.31. The average Bonchev–Trinajstić information content (AvgIpc) is 3.27. The molecule has 2 aliphatic heterocycles. The van der Waals surface area contributed by atoms with Gasteiger partial charge in [0.2, 0.25) is 5.13 Å². The lowest BCUT2D eigenvalue weighted by atomic mass is 9.81. The fourth-order valence-corrected chi connectivity index (χ4v) is 4.54. The number of ether oxygens (including phenoxy) is 1. The summed E-state index contributed by atoms with van der Waals surface area (Å²) in [5.74, 6) is 0.291. The number of aryl methyl sites for hydroxylation is 1. The fraction of sp³-hybridized carbons (Fsp3) is 0.571. The smallest absolute Gasteiger partial charge is 0.270 e. The Hall–Kier alpha value is -1.58. The van der Waals surface area contributed by atoms with Crippen molar-refractivity contribution in [1.29, 1.82) is 0 Å². The molecule has 4 heterocycles. The van der Waals surface area contributed by atoms with Crippen molar-refractivity contribution in [3.05, 3.63) is 21.6 Å². The summed E-state index contributed by atoms with van der Waals surface area (Å²) in [6, 6.07) is 0. The zero-order valence-electron chi connectivity index (χ0n) is 12.7. The molecule has 2 aromatic rings. The molecule has 1 N–H and O–H groups in total. The number of fused-ring (bicyclic) bond motifs is 1. The molecular formula is C14H17N5O2S2. The van der Waals surface area contributed by atoms with E-state index in [0.717, 1.165) is 29.8 Å². The first kappa shape index (κ1) is 15.0. The number of carbonyl (C=O) groups excluding carboxylic acids is 1. The number of nitrogens with zero attached hydrogens (tertiary/aromatic N) is 4. The van der Waals surface area contributed by atoms with E-state index in [1.807, 2.05) is 6.92 Å². The van der Waals surface area contributed by atoms with Crippen molar-refractivity contribution < 1.29 is 9.53 Å². The van der Waals surface area contributed by atoms with E-state index in [1.54, 1.807) is 22.2 Å². The number of carbonyl (C=O) groups is 1. The Morgan fingerprint density at radius 2 is 2.48 bits per heavy atom. The first-order chi connectivity index (χ1) is 11.2. The number of hydrogen-bond acceptors (Lipinski definition) is 8. The Bertz CT molecular complexity index is 704. The minimum atomic E-state index is -0.114. The van der Waals surface area contributed by atoms with Crippen LogP contribution in [0.1, 0.15) is 15.5 Å². The summed E-state index contributed by atoms with van der Waals surface area (Å²) in [6.07, 6.45) is 0. The highest BCUT2D eigenvalue weighted by atomic mass is 32.1. The van der Waals surface area contributed by atoms with Crippen LogP contribution in [0.5, 0.6) is 0 Å². The van der Waals surface area contributed by atoms with Crippen LogP contribution >= 0.6 is 22.7 Å². The van der Waals surface area contributed by atoms with Gasteiger partial charge >= 0.3 is 0 Å². The van der Waals surface area contributed by atoms with Crippen LogP contribution in [-0.2, 0) is 4.74 Å². The lowest BCUT2D eigenvalue weighted by Gasteiger charge is -2.27. The van der Waals surface area contributed by atoms with Gasteiger partial charge in [0, 0.05) is 36.3 Å². The maximum absolute atomic E-state index is 12.2. The summed E-state index contributed by atoms with van der Waals surface area (Å²) in [6.45, 7) is 5.71. The van der Waals surface area contributed by atoms with Crippen molar-refractivity contribution in [1.82, 2.24) is 20.5 Å². The molecule has 7 nitrogen and oxygen atoms in total. The molecule has 1 amide bonds. The van der Waals surface area contributed by atoms with Gasteiger partial charge in [0.1, 0.15) is 10.7 Å². The Morgan fingerprint density at radius 1 is 1.57 bits per heavy atom. The SMILES string of the molecule is Cc1nnc(N2C[C@@H]3COC[C@]3(CNC(=O)c3cscn3)C2)s1. The molecule has 0 unspecified atom stereocenters. The zero-order chi connectivity index (χ0) is 15.9. The van der Waals surface area contributed by atoms with Crippen molar-refractivity contribution in [3.63, 3.8) is 0 Å². The topological polar surface area (TPSA) is 80.2 Å². The van der Waals surface area contributed by atoms with E-state index in [0.29, 0.717) is 24.8 Å². The Kier molecular flexibility index (Phi) is 3.78. The van der Waals surface area contributed by atoms with Crippen LogP contribution in [0, 0.1) is 18.3 Å². The van der Waals surface area contributed by atoms with Crippen molar-refractivity contribution in [2.24, 2.45) is 11.3 Å². The summed E-state index contributed by atoms with van der Waals surface area (Å²) >= 11 is 3.04. The summed E-state index contributed by atoms with van der Waals surface area (Å²) in [4.78, 5) is 18.5. The molecule has 4 rings (SSSR count). The van der Waals surface area contributed by atoms with Gasteiger partial charge in [0.15, 0.2) is 0 Å². The summed E-state index contributed by atoms with van der Waals surface area (Å²) in [5.41, 5.74) is 2.10. The van der Waals surface area contributed by atoms with Gasteiger partial charge in [0.05, 0.1) is 18.7 Å². The number of rotatable bonds is 4. The van der Waals surface area contributed by atoms with Gasteiger partial charge in [-0.15, -0.1) is 21.5 Å². The van der Waals surface area contributed by atoms with Crippen molar-refractivity contribution in [2.45, 2.75) is 6.92 Å². The lowest BCUT2D eigenvalue weighted by molar-refractivity contribution is 0.0916. The first-order valence-corrected chi connectivity index (χ1v) is 9.21. The second-order valence-electron chi connectivity index (χ2n) is 6.11. The van der Waals surface area contributed by atoms with Gasteiger partial charge < -0.3 is 15.0 Å². The standard InChI is InChI=1S/C14H17N5O2S2/c1-9-17-18-13(23-9)19-2-10-3-21-7-14(10,6-19)5-15-12(20)11-4-22-8-16-11/h4,8,10H,2-3,5-7H2,1H3,(H,15,20)/t10-,14+/m1/s1. The second-order valence-corrected chi connectivity index (χ2v) is 7.99. The van der Waals surface area contributed by atoms with Crippen LogP contribution in [0.15, 0.2) is 10.9 Å². The maximum Gasteiger partial charge on any atom is 0.270 e. The summed E-state index contributed by atoms with van der Waals surface area (Å²) in [7, 11) is 0. The Labute approximate surface area is 141 Å². The van der Waals surface area contributed by atoms with Gasteiger partial charge in [-0.1, -0.05) is 11.3 Å². The largest absolute Gasteiger partial charge is 0.380 e. The van der Waals surface area contributed by atoms with Gasteiger partial charge in [-0.2, -0.15) is 0 Å². The zero-order valence-corrected chi connectivity index (χ0v) is 14.3. The predicted octanol–water partition coefficient (Wildman–Crippen LogP) is 1.19. The van der Waals surface area contributed by atoms with Crippen LogP contribution in [-0.4, -0.2) is 53.9 Å². The molecule has 9 heteroatoms. The van der Waals surface area contributed by atoms with E-state index in [1.165, 1.54) is 11.3 Å². The molecule has 0 aliphatic carbocycles. The van der Waals surface area contributed by atoms with Gasteiger partial charge in [0.25, 0.3) is 5.91 Å². The summed E-state index contributed by atoms with van der Waals surface area (Å²) in [5, 5.41) is 15.1. The van der Waals surface area contributed by atoms with E-state index in [-0.39, 0.29) is 11.3 Å². The minimum absolute atomic E-state index is 0.0503. The van der Waals surface area contributed by atoms with Gasteiger partial charge in [-0.05, 0) is 6.92 Å². The van der Waals surface area contributed by atoms with Gasteiger partial charge in [-0.25, -0.2) is 4.98 Å². The molecule has 122 valence electrons. The van der Waals surface area contributed by atoms with Crippen LogP contribution in [0.3, 0.4) is 0 Å². The van der Waals surface area contributed by atoms with Gasteiger partial charge in [-0.3, -0.25) is 4.79 Å². The maximum atomic E-state index is 12.2. The van der Waals surface area contributed by atoms with Crippen molar-refractivity contribution in [3.8, 4) is 0 Å². The van der Waals surface area contributed by atoms with Crippen molar-refractivity contribution in [2.75, 3.05) is 37.7 Å². The van der Waals surface area contributed by atoms with Crippen LogP contribution in [0.25, 0.3) is 0 Å². The molecular weight excluding hydrogens is 334 g/mol. The molecule has 2 aliphatic rings. The number of nitrogens with one attached hydrogen (secondary N) is 1. The molecule has 23 heavy (non-hydrogen) atoms. The normalized spacial score (nSPS) is 26.5. The third kappa shape index (κ3) is 2.73. The predicted molar refractivity (Wildman–Crippen MR) is 88.0 cm³/mol. The quantitative estimate of drug-likeness (QED) is 0.891. The van der Waals surface area contributed by atoms with E-state index in [9.17, 15) is 4.79 Å². The summed E-state index contributed by atoms with van der Waals surface area (Å²) < 4.78 is 5.70. The monoisotopic (exact) mass is 351 g/mol. The molecule has 0 radical (unpaired) electrons. The number of thiazole rings is 1. The van der Waals surface area contributed by atoms with Crippen LogP contribution < -0.4 is 10.2 Å². The number of aromatic nitrogens is 3. The third-order valence-electron chi connectivity index (χ3n) is 4.57. The molecule has 0 aromatic carbocycles. The molecule has 2 saturated heterocycles. The molecule has 0 bridgehead atoms. The highest BCUT2D eigenvalue weighted by Gasteiger charge is 2.51. The highest BCUT2D eigenvalue weighted by molar-refractivity contribution is 7.15. The second kappa shape index (κ2) is 5.81. The minimum Gasteiger partial charge on any atom is -0.380 e. The average molecular weight is 351 g/mol. The van der Waals surface area contributed by atoms with E-state index in [4.69, 9.17) is 4.74 Å². The molecule has 2 atom stereocenters. The van der Waals surface area contributed by atoms with E-state index >= 15 is 0 Å². The molecule has 2 aromatic heterocycles. The van der Waals surface area contributed by atoms with E-state index in [2.05, 4.69) is 25.4 Å². The number of hydrogen-bond donors (Lipinski definition) is 1. The number of amides is 1. The molecule has 0 saturated carbocycles. The lowest BCUT2D eigenvalue weighted by Crippen LogP contribution is -2.43. The third-order valence-corrected chi connectivity index (χ3v) is 6.06. The first-order valence-electron chi connectivity index (χ1n) is 7.45. The van der Waals surface area contributed by atoms with E-state index < -0.39 is 0 Å². The highest BCUT2D eigenvalue weighted by Crippen LogP contribution is 2.43. The van der Waals surface area contributed by atoms with Crippen LogP contribution in [0.2, 0.25) is 0 Å². The Morgan fingerprint density at radius 3 is 3.22 bits per heavy atom.